The van der Waals surface area contributed by atoms with E-state index >= 15 is 0 Å². The number of benzene rings is 1. The SMILES string of the molecule is CCOP(CC)c1ccccc1. The molecule has 1 aromatic carbocycles. The lowest BCUT2D eigenvalue weighted by atomic mass is 10.4. The highest BCUT2D eigenvalue weighted by atomic mass is 31.1. The maximum absolute atomic E-state index is 5.64. The topological polar surface area (TPSA) is 9.23 Å². The molecule has 0 heterocycles. The molecule has 1 unspecified atom stereocenters. The largest absolute Gasteiger partial charge is 0.355 e. The van der Waals surface area contributed by atoms with E-state index in [1.54, 1.807) is 0 Å². The van der Waals surface area contributed by atoms with Gasteiger partial charge in [0.25, 0.3) is 0 Å². The third-order valence-corrected chi connectivity index (χ3v) is 3.63. The molecular formula is C10H15OP. The minimum Gasteiger partial charge on any atom is -0.355 e. The Morgan fingerprint density at radius 2 is 1.83 bits per heavy atom. The van der Waals surface area contributed by atoms with Gasteiger partial charge in [0.05, 0.1) is 8.15 Å². The maximum Gasteiger partial charge on any atom is 0.0600 e. The predicted octanol–water partition coefficient (Wildman–Crippen LogP) is 2.77. The summed E-state index contributed by atoms with van der Waals surface area (Å²) in [5.41, 5.74) is 0. The van der Waals surface area contributed by atoms with E-state index in [4.69, 9.17) is 4.52 Å². The van der Waals surface area contributed by atoms with Gasteiger partial charge in [-0.1, -0.05) is 37.3 Å². The van der Waals surface area contributed by atoms with E-state index in [0.29, 0.717) is 0 Å². The van der Waals surface area contributed by atoms with Gasteiger partial charge >= 0.3 is 0 Å². The predicted molar refractivity (Wildman–Crippen MR) is 55.2 cm³/mol. The van der Waals surface area contributed by atoms with Crippen LogP contribution in [0.25, 0.3) is 0 Å². The van der Waals surface area contributed by atoms with Gasteiger partial charge in [0.2, 0.25) is 0 Å². The van der Waals surface area contributed by atoms with Gasteiger partial charge in [-0.2, -0.15) is 0 Å². The molecule has 2 heteroatoms. The quantitative estimate of drug-likeness (QED) is 0.650. The highest BCUT2D eigenvalue weighted by molar-refractivity contribution is 7.60. The summed E-state index contributed by atoms with van der Waals surface area (Å²) in [5.74, 6) is 0. The van der Waals surface area contributed by atoms with Crippen molar-refractivity contribution in [3.8, 4) is 0 Å². The lowest BCUT2D eigenvalue weighted by molar-refractivity contribution is 0.383. The minimum atomic E-state index is -0.354. The molecule has 0 N–H and O–H groups in total. The molecule has 0 aliphatic rings. The van der Waals surface area contributed by atoms with Gasteiger partial charge in [-0.3, -0.25) is 0 Å². The lowest BCUT2D eigenvalue weighted by Gasteiger charge is -2.14. The fourth-order valence-corrected chi connectivity index (χ4v) is 2.61. The average molecular weight is 182 g/mol. The summed E-state index contributed by atoms with van der Waals surface area (Å²) in [7, 11) is -0.354. The molecule has 1 aromatic rings. The highest BCUT2D eigenvalue weighted by Crippen LogP contribution is 2.34. The second kappa shape index (κ2) is 5.29. The third-order valence-electron chi connectivity index (χ3n) is 1.62. The summed E-state index contributed by atoms with van der Waals surface area (Å²) in [4.78, 5) is 0. The highest BCUT2D eigenvalue weighted by Gasteiger charge is 2.06. The van der Waals surface area contributed by atoms with Crippen LogP contribution in [0.2, 0.25) is 0 Å². The molecule has 12 heavy (non-hydrogen) atoms. The Morgan fingerprint density at radius 3 is 2.33 bits per heavy atom. The smallest absolute Gasteiger partial charge is 0.0600 e. The summed E-state index contributed by atoms with van der Waals surface area (Å²) >= 11 is 0. The normalized spacial score (nSPS) is 12.8. The van der Waals surface area contributed by atoms with Crippen LogP contribution in [-0.2, 0) is 4.52 Å². The standard InChI is InChI=1S/C10H15OP/c1-3-11-12(4-2)10-8-6-5-7-9-10/h5-9H,3-4H2,1-2H3. The zero-order valence-corrected chi connectivity index (χ0v) is 8.55. The first kappa shape index (κ1) is 9.70. The van der Waals surface area contributed by atoms with E-state index < -0.39 is 0 Å². The molecule has 0 saturated carbocycles. The first-order valence-corrected chi connectivity index (χ1v) is 5.78. The Kier molecular flexibility index (Phi) is 4.27. The fraction of sp³-hybridized carbons (Fsp3) is 0.400. The molecule has 0 radical (unpaired) electrons. The lowest BCUT2D eigenvalue weighted by Crippen LogP contribution is -2.03. The van der Waals surface area contributed by atoms with Crippen molar-refractivity contribution in [2.45, 2.75) is 13.8 Å². The van der Waals surface area contributed by atoms with Crippen molar-refractivity contribution >= 4 is 13.5 Å². The molecule has 66 valence electrons. The van der Waals surface area contributed by atoms with Gasteiger partial charge in [-0.15, -0.1) is 0 Å². The monoisotopic (exact) mass is 182 g/mol. The van der Waals surface area contributed by atoms with Crippen molar-refractivity contribution in [3.63, 3.8) is 0 Å². The molecule has 1 rings (SSSR count). The Morgan fingerprint density at radius 1 is 1.17 bits per heavy atom. The Balaban J connectivity index is 2.66. The number of hydrogen-bond donors (Lipinski definition) is 0. The van der Waals surface area contributed by atoms with Crippen LogP contribution >= 0.6 is 8.15 Å². The number of hydrogen-bond acceptors (Lipinski definition) is 1. The van der Waals surface area contributed by atoms with Crippen LogP contribution in [-0.4, -0.2) is 12.8 Å². The fourth-order valence-electron chi connectivity index (χ4n) is 1.10. The van der Waals surface area contributed by atoms with Gasteiger partial charge in [0, 0.05) is 11.9 Å². The van der Waals surface area contributed by atoms with E-state index in [1.165, 1.54) is 5.30 Å². The molecule has 1 atom stereocenters. The molecule has 0 spiro atoms. The molecule has 0 aromatic heterocycles. The van der Waals surface area contributed by atoms with Crippen molar-refractivity contribution < 1.29 is 4.52 Å². The van der Waals surface area contributed by atoms with Crippen LogP contribution in [0, 0.1) is 0 Å². The van der Waals surface area contributed by atoms with Gasteiger partial charge in [-0.05, 0) is 13.1 Å². The molecule has 0 fully saturated rings. The summed E-state index contributed by atoms with van der Waals surface area (Å²) < 4.78 is 5.64. The zero-order valence-electron chi connectivity index (χ0n) is 7.66. The minimum absolute atomic E-state index is 0.354. The van der Waals surface area contributed by atoms with E-state index in [0.717, 1.165) is 12.8 Å². The second-order valence-electron chi connectivity index (χ2n) is 2.45. The van der Waals surface area contributed by atoms with Gasteiger partial charge in [0.15, 0.2) is 0 Å². The van der Waals surface area contributed by atoms with Crippen molar-refractivity contribution in [1.82, 2.24) is 0 Å². The zero-order chi connectivity index (χ0) is 8.81. The average Bonchev–Trinajstić information content (AvgIpc) is 2.15. The van der Waals surface area contributed by atoms with Crippen LogP contribution in [0.3, 0.4) is 0 Å². The summed E-state index contributed by atoms with van der Waals surface area (Å²) in [6.45, 7) is 5.04. The number of rotatable bonds is 4. The summed E-state index contributed by atoms with van der Waals surface area (Å²) in [6.07, 6.45) is 1.10. The molecule has 0 aliphatic carbocycles. The van der Waals surface area contributed by atoms with Gasteiger partial charge in [-0.25, -0.2) is 0 Å². The first-order chi connectivity index (χ1) is 5.88. The van der Waals surface area contributed by atoms with Crippen LogP contribution < -0.4 is 5.30 Å². The van der Waals surface area contributed by atoms with E-state index in [-0.39, 0.29) is 8.15 Å². The summed E-state index contributed by atoms with van der Waals surface area (Å²) in [6, 6.07) is 10.5. The van der Waals surface area contributed by atoms with E-state index in [2.05, 4.69) is 31.2 Å². The van der Waals surface area contributed by atoms with Crippen molar-refractivity contribution in [2.24, 2.45) is 0 Å². The van der Waals surface area contributed by atoms with Crippen molar-refractivity contribution in [3.05, 3.63) is 30.3 Å². The second-order valence-corrected chi connectivity index (χ2v) is 4.61. The van der Waals surface area contributed by atoms with Crippen LogP contribution in [0.1, 0.15) is 13.8 Å². The van der Waals surface area contributed by atoms with Gasteiger partial charge in [0.1, 0.15) is 0 Å². The van der Waals surface area contributed by atoms with E-state index in [1.807, 2.05) is 13.0 Å². The Labute approximate surface area is 75.6 Å². The van der Waals surface area contributed by atoms with E-state index in [9.17, 15) is 0 Å². The molecule has 0 saturated heterocycles. The van der Waals surface area contributed by atoms with Crippen molar-refractivity contribution in [2.75, 3.05) is 12.8 Å². The molecular weight excluding hydrogens is 167 g/mol. The maximum atomic E-state index is 5.64. The molecule has 0 bridgehead atoms. The molecule has 0 amide bonds. The van der Waals surface area contributed by atoms with Crippen LogP contribution in [0.5, 0.6) is 0 Å². The molecule has 1 nitrogen and oxygen atoms in total. The summed E-state index contributed by atoms with van der Waals surface area (Å²) in [5, 5.41) is 1.34. The van der Waals surface area contributed by atoms with Crippen molar-refractivity contribution in [1.29, 1.82) is 0 Å². The Hall–Kier alpha value is -0.390. The van der Waals surface area contributed by atoms with Crippen LogP contribution in [0.15, 0.2) is 30.3 Å². The van der Waals surface area contributed by atoms with Crippen LogP contribution in [0.4, 0.5) is 0 Å². The first-order valence-electron chi connectivity index (χ1n) is 4.34. The third kappa shape index (κ3) is 2.58. The molecule has 0 aliphatic heterocycles. The Bertz CT molecular complexity index is 210. The van der Waals surface area contributed by atoms with Gasteiger partial charge < -0.3 is 4.52 Å².